The molecule has 1 aromatic heterocycles. The Morgan fingerprint density at radius 2 is 2.18 bits per heavy atom. The molecular formula is C15H17NO. The molecule has 0 atom stereocenters. The van der Waals surface area contributed by atoms with Crippen molar-refractivity contribution in [3.05, 3.63) is 41.7 Å². The first-order valence-corrected chi connectivity index (χ1v) is 6.10. The first kappa shape index (κ1) is 10.6. The van der Waals surface area contributed by atoms with Crippen molar-refractivity contribution in [3.63, 3.8) is 0 Å². The van der Waals surface area contributed by atoms with Crippen LogP contribution in [0.15, 0.2) is 35.0 Å². The zero-order valence-electron chi connectivity index (χ0n) is 10.4. The molecule has 2 nitrogen and oxygen atoms in total. The van der Waals surface area contributed by atoms with E-state index in [-0.39, 0.29) is 0 Å². The Morgan fingerprint density at radius 1 is 1.29 bits per heavy atom. The van der Waals surface area contributed by atoms with Crippen LogP contribution < -0.4 is 0 Å². The van der Waals surface area contributed by atoms with Gasteiger partial charge in [0.2, 0.25) is 0 Å². The van der Waals surface area contributed by atoms with Gasteiger partial charge in [0.05, 0.1) is 6.26 Å². The van der Waals surface area contributed by atoms with Crippen molar-refractivity contribution in [2.45, 2.75) is 13.3 Å². The van der Waals surface area contributed by atoms with Gasteiger partial charge in [0, 0.05) is 24.0 Å². The van der Waals surface area contributed by atoms with Gasteiger partial charge in [-0.2, -0.15) is 0 Å². The summed E-state index contributed by atoms with van der Waals surface area (Å²) in [5.41, 5.74) is 4.98. The summed E-state index contributed by atoms with van der Waals surface area (Å²) in [5.74, 6) is 0. The second kappa shape index (κ2) is 4.04. The fraction of sp³-hybridized carbons (Fsp3) is 0.333. The van der Waals surface area contributed by atoms with Gasteiger partial charge in [-0.3, -0.25) is 0 Å². The molecule has 0 bridgehead atoms. The van der Waals surface area contributed by atoms with Crippen LogP contribution in [-0.2, 0) is 0 Å². The van der Waals surface area contributed by atoms with Gasteiger partial charge in [-0.15, -0.1) is 0 Å². The first-order valence-electron chi connectivity index (χ1n) is 6.10. The lowest BCUT2D eigenvalue weighted by molar-refractivity contribution is 0.370. The highest BCUT2D eigenvalue weighted by Gasteiger charge is 2.14. The minimum Gasteiger partial charge on any atom is -0.464 e. The van der Waals surface area contributed by atoms with Gasteiger partial charge in [-0.1, -0.05) is 17.7 Å². The van der Waals surface area contributed by atoms with Crippen molar-refractivity contribution in [1.29, 1.82) is 0 Å². The first-order chi connectivity index (χ1) is 8.24. The van der Waals surface area contributed by atoms with Crippen LogP contribution in [0.4, 0.5) is 0 Å². The fourth-order valence-electron chi connectivity index (χ4n) is 2.41. The van der Waals surface area contributed by atoms with Crippen LogP contribution in [0.1, 0.15) is 17.5 Å². The quantitative estimate of drug-likeness (QED) is 0.741. The molecule has 1 aromatic carbocycles. The monoisotopic (exact) mass is 227 g/mol. The molecule has 0 radical (unpaired) electrons. The number of likely N-dealkylation sites (N-methyl/N-ethyl adjacent to an activating group) is 1. The molecule has 0 fully saturated rings. The Bertz CT molecular complexity index is 580. The molecule has 0 unspecified atom stereocenters. The number of benzene rings is 1. The van der Waals surface area contributed by atoms with Crippen molar-refractivity contribution in [1.82, 2.24) is 4.90 Å². The summed E-state index contributed by atoms with van der Waals surface area (Å²) in [6, 6.07) is 6.37. The third-order valence-electron chi connectivity index (χ3n) is 3.49. The molecule has 0 N–H and O–H groups in total. The highest BCUT2D eigenvalue weighted by molar-refractivity contribution is 5.91. The second-order valence-corrected chi connectivity index (χ2v) is 4.89. The van der Waals surface area contributed by atoms with E-state index in [4.69, 9.17) is 4.42 Å². The van der Waals surface area contributed by atoms with Gasteiger partial charge in [-0.05, 0) is 38.1 Å². The minimum atomic E-state index is 0.991. The molecule has 2 heterocycles. The van der Waals surface area contributed by atoms with E-state index >= 15 is 0 Å². The third-order valence-corrected chi connectivity index (χ3v) is 3.49. The maximum atomic E-state index is 5.63. The summed E-state index contributed by atoms with van der Waals surface area (Å²) in [5, 5.41) is 1.25. The Balaban J connectivity index is 2.08. The van der Waals surface area contributed by atoms with Gasteiger partial charge >= 0.3 is 0 Å². The van der Waals surface area contributed by atoms with Gasteiger partial charge in [0.25, 0.3) is 0 Å². The molecule has 0 saturated heterocycles. The fourth-order valence-corrected chi connectivity index (χ4v) is 2.41. The highest BCUT2D eigenvalue weighted by Crippen LogP contribution is 2.31. The molecule has 1 aliphatic rings. The molecule has 1 aliphatic heterocycles. The van der Waals surface area contributed by atoms with E-state index in [1.54, 1.807) is 0 Å². The molecule has 3 rings (SSSR count). The predicted octanol–water partition coefficient (Wildman–Crippen LogP) is 3.46. The third kappa shape index (κ3) is 1.89. The summed E-state index contributed by atoms with van der Waals surface area (Å²) in [6.45, 7) is 4.29. The van der Waals surface area contributed by atoms with E-state index in [1.807, 2.05) is 6.26 Å². The zero-order valence-corrected chi connectivity index (χ0v) is 10.4. The minimum absolute atomic E-state index is 0.991. The summed E-state index contributed by atoms with van der Waals surface area (Å²) < 4.78 is 5.63. The van der Waals surface area contributed by atoms with Crippen LogP contribution in [0.5, 0.6) is 0 Å². The van der Waals surface area contributed by atoms with Gasteiger partial charge in [0.1, 0.15) is 5.58 Å². The molecule has 0 spiro atoms. The topological polar surface area (TPSA) is 16.4 Å². The number of hydrogen-bond acceptors (Lipinski definition) is 2. The molecule has 0 amide bonds. The van der Waals surface area contributed by atoms with Crippen LogP contribution in [0.2, 0.25) is 0 Å². The Morgan fingerprint density at radius 3 is 2.94 bits per heavy atom. The molecule has 2 aromatic rings. The molecule has 0 aliphatic carbocycles. The van der Waals surface area contributed by atoms with E-state index in [1.165, 1.54) is 22.1 Å². The average molecular weight is 227 g/mol. The van der Waals surface area contributed by atoms with Gasteiger partial charge in [-0.25, -0.2) is 0 Å². The van der Waals surface area contributed by atoms with Crippen molar-refractivity contribution < 1.29 is 4.42 Å². The van der Waals surface area contributed by atoms with Crippen LogP contribution in [-0.4, -0.2) is 25.0 Å². The lowest BCUT2D eigenvalue weighted by Gasteiger charge is -2.21. The standard InChI is InChI=1S/C15H17NO/c1-11-3-4-15-13(9-11)14(10-17-15)12-5-7-16(2)8-6-12/h3-5,9-10H,6-8H2,1-2H3. The smallest absolute Gasteiger partial charge is 0.134 e. The lowest BCUT2D eigenvalue weighted by Crippen LogP contribution is -2.23. The summed E-state index contributed by atoms with van der Waals surface area (Å²) >= 11 is 0. The average Bonchev–Trinajstić information content (AvgIpc) is 2.73. The Labute approximate surface area is 102 Å². The van der Waals surface area contributed by atoms with Gasteiger partial charge in [0.15, 0.2) is 0 Å². The van der Waals surface area contributed by atoms with Crippen LogP contribution in [0.3, 0.4) is 0 Å². The van der Waals surface area contributed by atoms with Crippen molar-refractivity contribution in [2.24, 2.45) is 0 Å². The van der Waals surface area contributed by atoms with E-state index in [9.17, 15) is 0 Å². The van der Waals surface area contributed by atoms with E-state index in [2.05, 4.69) is 43.1 Å². The predicted molar refractivity (Wildman–Crippen MR) is 71.0 cm³/mol. The van der Waals surface area contributed by atoms with Crippen LogP contribution >= 0.6 is 0 Å². The molecular weight excluding hydrogens is 210 g/mol. The Hall–Kier alpha value is -1.54. The van der Waals surface area contributed by atoms with Crippen LogP contribution in [0.25, 0.3) is 16.5 Å². The lowest BCUT2D eigenvalue weighted by atomic mass is 9.98. The molecule has 2 heteroatoms. The number of hydrogen-bond donors (Lipinski definition) is 0. The Kier molecular flexibility index (Phi) is 2.52. The van der Waals surface area contributed by atoms with E-state index in [0.29, 0.717) is 0 Å². The van der Waals surface area contributed by atoms with Gasteiger partial charge < -0.3 is 9.32 Å². The second-order valence-electron chi connectivity index (χ2n) is 4.89. The van der Waals surface area contributed by atoms with E-state index < -0.39 is 0 Å². The van der Waals surface area contributed by atoms with Crippen molar-refractivity contribution in [3.8, 4) is 0 Å². The number of nitrogens with zero attached hydrogens (tertiary/aromatic N) is 1. The summed E-state index contributed by atoms with van der Waals surface area (Å²) in [7, 11) is 2.16. The molecule has 0 saturated carbocycles. The molecule has 88 valence electrons. The van der Waals surface area contributed by atoms with Crippen LogP contribution in [0, 0.1) is 6.92 Å². The number of furan rings is 1. The number of rotatable bonds is 1. The zero-order chi connectivity index (χ0) is 11.8. The largest absolute Gasteiger partial charge is 0.464 e. The van der Waals surface area contributed by atoms with E-state index in [0.717, 1.165) is 25.1 Å². The number of aryl methyl sites for hydroxylation is 1. The SMILES string of the molecule is Cc1ccc2occ(C3=CCN(C)CC3)c2c1. The summed E-state index contributed by atoms with van der Waals surface area (Å²) in [6.07, 6.45) is 5.33. The summed E-state index contributed by atoms with van der Waals surface area (Å²) in [4.78, 5) is 2.33. The highest BCUT2D eigenvalue weighted by atomic mass is 16.3. The van der Waals surface area contributed by atoms with Crippen molar-refractivity contribution in [2.75, 3.05) is 20.1 Å². The molecule has 17 heavy (non-hydrogen) atoms. The van der Waals surface area contributed by atoms with Crippen molar-refractivity contribution >= 4 is 16.5 Å². The maximum absolute atomic E-state index is 5.63. The number of fused-ring (bicyclic) bond motifs is 1. The normalized spacial score (nSPS) is 17.4. The maximum Gasteiger partial charge on any atom is 0.134 e.